The lowest BCUT2D eigenvalue weighted by Crippen LogP contribution is -2.42. The summed E-state index contributed by atoms with van der Waals surface area (Å²) in [5, 5.41) is 2.91. The molecule has 1 atom stereocenters. The van der Waals surface area contributed by atoms with E-state index >= 15 is 0 Å². The third-order valence-electron chi connectivity index (χ3n) is 5.24. The molecule has 3 aromatic carbocycles. The van der Waals surface area contributed by atoms with Crippen molar-refractivity contribution >= 4 is 40.3 Å². The molecule has 0 saturated carbocycles. The van der Waals surface area contributed by atoms with Crippen LogP contribution in [0.2, 0.25) is 5.02 Å². The lowest BCUT2D eigenvalue weighted by atomic mass is 9.90. The van der Waals surface area contributed by atoms with E-state index in [1.54, 1.807) is 24.3 Å². The van der Waals surface area contributed by atoms with Gasteiger partial charge >= 0.3 is 6.18 Å². The maximum Gasteiger partial charge on any atom is 0.428 e. The van der Waals surface area contributed by atoms with Crippen molar-refractivity contribution in [2.75, 3.05) is 6.54 Å². The normalized spacial score (nSPS) is 18.0. The summed E-state index contributed by atoms with van der Waals surface area (Å²) in [4.78, 5) is 28.0. The van der Waals surface area contributed by atoms with Crippen LogP contribution in [-0.4, -0.2) is 24.9 Å². The third-order valence-corrected chi connectivity index (χ3v) is 5.53. The highest BCUT2D eigenvalue weighted by Crippen LogP contribution is 2.48. The van der Waals surface area contributed by atoms with Crippen molar-refractivity contribution in [2.24, 2.45) is 0 Å². The SMILES string of the molecule is O=CCNC(=O)c1ccc(C2=CC(c3ccc(F)c(Cl)c3)(C(F)(F)F)ON2)c2ccccc12. The molecule has 1 heterocycles. The molecule has 5 nitrogen and oxygen atoms in total. The number of carbonyl (C=O) groups excluding carboxylic acids is 2. The zero-order valence-electron chi connectivity index (χ0n) is 16.7. The van der Waals surface area contributed by atoms with Gasteiger partial charge in [-0.15, -0.1) is 0 Å². The summed E-state index contributed by atoms with van der Waals surface area (Å²) in [7, 11) is 0. The first-order valence-corrected chi connectivity index (χ1v) is 9.99. The van der Waals surface area contributed by atoms with Gasteiger partial charge in [0.05, 0.1) is 17.3 Å². The minimum Gasteiger partial charge on any atom is -0.345 e. The van der Waals surface area contributed by atoms with Crippen molar-refractivity contribution in [2.45, 2.75) is 11.8 Å². The molecule has 10 heteroatoms. The van der Waals surface area contributed by atoms with Gasteiger partial charge in [0, 0.05) is 16.7 Å². The lowest BCUT2D eigenvalue weighted by molar-refractivity contribution is -0.269. The first-order chi connectivity index (χ1) is 15.7. The highest BCUT2D eigenvalue weighted by atomic mass is 35.5. The van der Waals surface area contributed by atoms with E-state index in [9.17, 15) is 27.2 Å². The van der Waals surface area contributed by atoms with Crippen LogP contribution >= 0.6 is 11.6 Å². The number of rotatable bonds is 5. The van der Waals surface area contributed by atoms with Crippen molar-refractivity contribution in [3.8, 4) is 0 Å². The van der Waals surface area contributed by atoms with Crippen LogP contribution in [0.1, 0.15) is 21.5 Å². The molecule has 1 unspecified atom stereocenters. The second kappa shape index (κ2) is 8.49. The van der Waals surface area contributed by atoms with Crippen LogP contribution in [0, 0.1) is 5.82 Å². The first kappa shape index (κ1) is 22.8. The predicted molar refractivity (Wildman–Crippen MR) is 114 cm³/mol. The molecule has 3 aromatic rings. The van der Waals surface area contributed by atoms with Crippen LogP contribution in [-0.2, 0) is 15.2 Å². The fourth-order valence-corrected chi connectivity index (χ4v) is 3.85. The molecule has 0 bridgehead atoms. The smallest absolute Gasteiger partial charge is 0.345 e. The average Bonchev–Trinajstić information content (AvgIpc) is 3.25. The Morgan fingerprint density at radius 2 is 1.85 bits per heavy atom. The monoisotopic (exact) mass is 478 g/mol. The Morgan fingerprint density at radius 3 is 2.52 bits per heavy atom. The second-order valence-corrected chi connectivity index (χ2v) is 7.61. The number of hydroxylamine groups is 1. The van der Waals surface area contributed by atoms with Gasteiger partial charge in [-0.3, -0.25) is 15.1 Å². The highest BCUT2D eigenvalue weighted by molar-refractivity contribution is 6.30. The van der Waals surface area contributed by atoms with Gasteiger partial charge in [-0.05, 0) is 35.0 Å². The number of hydrogen-bond acceptors (Lipinski definition) is 4. The van der Waals surface area contributed by atoms with Crippen LogP contribution in [0.4, 0.5) is 17.6 Å². The fourth-order valence-electron chi connectivity index (χ4n) is 3.66. The summed E-state index contributed by atoms with van der Waals surface area (Å²) in [6.45, 7) is -0.177. The minimum atomic E-state index is -4.91. The lowest BCUT2D eigenvalue weighted by Gasteiger charge is -2.28. The van der Waals surface area contributed by atoms with E-state index in [0.29, 0.717) is 22.6 Å². The Bertz CT molecular complexity index is 1290. The molecule has 1 aliphatic rings. The molecule has 0 aromatic heterocycles. The summed E-state index contributed by atoms with van der Waals surface area (Å²) in [6, 6.07) is 12.2. The van der Waals surface area contributed by atoms with Crippen LogP contribution in [0.5, 0.6) is 0 Å². The molecular weight excluding hydrogens is 464 g/mol. The molecule has 0 fully saturated rings. The summed E-state index contributed by atoms with van der Waals surface area (Å²) in [5.74, 6) is -1.36. The van der Waals surface area contributed by atoms with Crippen LogP contribution in [0.15, 0.2) is 60.7 Å². The number of aldehydes is 1. The number of alkyl halides is 3. The molecule has 0 spiro atoms. The van der Waals surface area contributed by atoms with Crippen LogP contribution < -0.4 is 10.8 Å². The van der Waals surface area contributed by atoms with Gasteiger partial charge in [0.2, 0.25) is 5.60 Å². The minimum absolute atomic E-state index is 0.00354. The van der Waals surface area contributed by atoms with Crippen molar-refractivity contribution in [1.82, 2.24) is 10.8 Å². The van der Waals surface area contributed by atoms with Crippen molar-refractivity contribution < 1.29 is 32.0 Å². The van der Waals surface area contributed by atoms with Gasteiger partial charge in [0.25, 0.3) is 5.91 Å². The Morgan fingerprint density at radius 1 is 1.12 bits per heavy atom. The molecule has 4 rings (SSSR count). The van der Waals surface area contributed by atoms with Gasteiger partial charge in [-0.25, -0.2) is 4.39 Å². The molecule has 33 heavy (non-hydrogen) atoms. The maximum atomic E-state index is 14.2. The number of nitrogens with one attached hydrogen (secondary N) is 2. The largest absolute Gasteiger partial charge is 0.428 e. The molecule has 1 amide bonds. The van der Waals surface area contributed by atoms with Crippen LogP contribution in [0.25, 0.3) is 16.5 Å². The first-order valence-electron chi connectivity index (χ1n) is 9.61. The van der Waals surface area contributed by atoms with Crippen molar-refractivity contribution in [3.05, 3.63) is 88.2 Å². The summed E-state index contributed by atoms with van der Waals surface area (Å²) < 4.78 is 56.2. The summed E-state index contributed by atoms with van der Waals surface area (Å²) in [6.07, 6.45) is -3.52. The predicted octanol–water partition coefficient (Wildman–Crippen LogP) is 4.89. The quantitative estimate of drug-likeness (QED) is 0.404. The Hall–Kier alpha value is -3.43. The number of amides is 1. The molecule has 0 saturated heterocycles. The van der Waals surface area contributed by atoms with Crippen LogP contribution in [0.3, 0.4) is 0 Å². The summed E-state index contributed by atoms with van der Waals surface area (Å²) >= 11 is 5.72. The number of halogens is 5. The van der Waals surface area contributed by atoms with Crippen molar-refractivity contribution in [1.29, 1.82) is 0 Å². The van der Waals surface area contributed by atoms with Gasteiger partial charge < -0.3 is 10.1 Å². The molecular formula is C23H15ClF4N2O3. The zero-order chi connectivity index (χ0) is 23.8. The number of hydrogen-bond donors (Lipinski definition) is 2. The van der Waals surface area contributed by atoms with E-state index in [4.69, 9.17) is 16.4 Å². The van der Waals surface area contributed by atoms with Gasteiger partial charge in [-0.1, -0.05) is 48.0 Å². The van der Waals surface area contributed by atoms with E-state index < -0.39 is 34.1 Å². The van der Waals surface area contributed by atoms with Gasteiger partial charge in [-0.2, -0.15) is 13.2 Å². The van der Waals surface area contributed by atoms with E-state index in [0.717, 1.165) is 24.3 Å². The Kier molecular flexibility index (Phi) is 5.85. The molecule has 1 aliphatic heterocycles. The van der Waals surface area contributed by atoms with E-state index in [2.05, 4.69) is 10.8 Å². The Labute approximate surface area is 189 Å². The van der Waals surface area contributed by atoms with Gasteiger partial charge in [0.1, 0.15) is 12.1 Å². The van der Waals surface area contributed by atoms with E-state index in [-0.39, 0.29) is 17.8 Å². The molecule has 0 aliphatic carbocycles. The second-order valence-electron chi connectivity index (χ2n) is 7.21. The summed E-state index contributed by atoms with van der Waals surface area (Å²) in [5.41, 5.74) is -0.384. The number of benzene rings is 3. The Balaban J connectivity index is 1.86. The van der Waals surface area contributed by atoms with Gasteiger partial charge in [0.15, 0.2) is 0 Å². The average molecular weight is 479 g/mol. The van der Waals surface area contributed by atoms with Crippen molar-refractivity contribution in [3.63, 3.8) is 0 Å². The maximum absolute atomic E-state index is 14.2. The highest BCUT2D eigenvalue weighted by Gasteiger charge is 2.59. The third kappa shape index (κ3) is 3.94. The van der Waals surface area contributed by atoms with E-state index in [1.165, 1.54) is 12.1 Å². The molecule has 0 radical (unpaired) electrons. The van der Waals surface area contributed by atoms with E-state index in [1.807, 2.05) is 0 Å². The number of carbonyl (C=O) groups is 2. The zero-order valence-corrected chi connectivity index (χ0v) is 17.4. The fraction of sp³-hybridized carbons (Fsp3) is 0.130. The topological polar surface area (TPSA) is 67.4 Å². The molecule has 170 valence electrons. The number of fused-ring (bicyclic) bond motifs is 1. The molecule has 2 N–H and O–H groups in total. The standard InChI is InChI=1S/C23H15ClF4N2O3/c24-18-11-13(5-8-19(18)25)22(23(26,27)28)12-20(30-33-22)16-6-7-17(21(32)29-9-10-31)15-4-2-1-3-14(15)16/h1-8,10-12,30H,9H2,(H,29,32).